The van der Waals surface area contributed by atoms with Crippen LogP contribution in [0.1, 0.15) is 27.2 Å². The molecule has 0 saturated carbocycles. The van der Waals surface area contributed by atoms with E-state index in [9.17, 15) is 13.2 Å². The summed E-state index contributed by atoms with van der Waals surface area (Å²) in [5.74, 6) is -0.263. The van der Waals surface area contributed by atoms with E-state index in [0.717, 1.165) is 12.6 Å². The minimum Gasteiger partial charge on any atom is -0.401 e. The molecular formula is C13H20F3N3S. The third-order valence-electron chi connectivity index (χ3n) is 3.49. The first-order chi connectivity index (χ1) is 9.22. The lowest BCUT2D eigenvalue weighted by molar-refractivity contribution is -0.0868. The molecule has 20 heavy (non-hydrogen) atoms. The van der Waals surface area contributed by atoms with E-state index >= 15 is 0 Å². The number of hydrogen-bond donors (Lipinski definition) is 1. The Hall–Kier alpha value is -0.980. The first-order valence-corrected chi connectivity index (χ1v) is 7.72. The lowest BCUT2D eigenvalue weighted by Gasteiger charge is -2.20. The highest BCUT2D eigenvalue weighted by molar-refractivity contribution is 7.99. The Balaban J connectivity index is 3.21. The van der Waals surface area contributed by atoms with Gasteiger partial charge in [0.15, 0.2) is 0 Å². The van der Waals surface area contributed by atoms with Gasteiger partial charge in [-0.3, -0.25) is 4.99 Å². The summed E-state index contributed by atoms with van der Waals surface area (Å²) in [4.78, 5) is 8.39. The lowest BCUT2D eigenvalue weighted by Crippen LogP contribution is -2.26. The molecule has 0 aromatic carbocycles. The zero-order valence-corrected chi connectivity index (χ0v) is 12.8. The molecule has 1 aliphatic rings. The number of rotatable bonds is 3. The molecule has 3 nitrogen and oxygen atoms in total. The summed E-state index contributed by atoms with van der Waals surface area (Å²) in [6, 6.07) is 0. The van der Waals surface area contributed by atoms with Gasteiger partial charge in [-0.05, 0) is 12.7 Å². The monoisotopic (exact) mass is 307 g/mol. The molecule has 0 bridgehead atoms. The molecule has 7 heteroatoms. The van der Waals surface area contributed by atoms with Crippen molar-refractivity contribution in [3.63, 3.8) is 0 Å². The first kappa shape index (κ1) is 17.1. The number of alkyl halides is 3. The minimum absolute atomic E-state index is 0.00506. The Bertz CT molecular complexity index is 437. The standard InChI is InChI=1S/C13H20F3N3S/c1-5-10(20-4)19-12-8(3)7(2)11(17)9(6-18-12)13(14,15)16/h6-8,10H,5,17H2,1-4H3. The average Bonchev–Trinajstić information content (AvgIpc) is 2.48. The van der Waals surface area contributed by atoms with Crippen LogP contribution < -0.4 is 5.73 Å². The van der Waals surface area contributed by atoms with Crippen molar-refractivity contribution in [2.45, 2.75) is 38.7 Å². The normalized spacial score (nSPS) is 27.9. The molecule has 0 spiro atoms. The third-order valence-corrected chi connectivity index (χ3v) is 4.47. The van der Waals surface area contributed by atoms with Gasteiger partial charge in [0.05, 0.1) is 10.9 Å². The van der Waals surface area contributed by atoms with Crippen molar-refractivity contribution >= 4 is 23.8 Å². The highest BCUT2D eigenvalue weighted by Gasteiger charge is 2.38. The van der Waals surface area contributed by atoms with Gasteiger partial charge in [-0.25, -0.2) is 4.99 Å². The van der Waals surface area contributed by atoms with Crippen LogP contribution in [-0.4, -0.2) is 29.9 Å². The van der Waals surface area contributed by atoms with E-state index in [2.05, 4.69) is 9.98 Å². The van der Waals surface area contributed by atoms with E-state index in [1.807, 2.05) is 13.2 Å². The molecular weight excluding hydrogens is 287 g/mol. The average molecular weight is 307 g/mol. The van der Waals surface area contributed by atoms with Crippen molar-refractivity contribution in [2.75, 3.05) is 6.26 Å². The molecule has 2 N–H and O–H groups in total. The second-order valence-electron chi connectivity index (χ2n) is 4.79. The highest BCUT2D eigenvalue weighted by Crippen LogP contribution is 2.33. The van der Waals surface area contributed by atoms with Crippen LogP contribution in [0.5, 0.6) is 0 Å². The summed E-state index contributed by atoms with van der Waals surface area (Å²) in [7, 11) is 0. The van der Waals surface area contributed by atoms with Crippen LogP contribution >= 0.6 is 11.8 Å². The Kier molecular flexibility index (Phi) is 5.68. The maximum atomic E-state index is 12.9. The first-order valence-electron chi connectivity index (χ1n) is 6.43. The maximum absolute atomic E-state index is 12.9. The van der Waals surface area contributed by atoms with E-state index in [-0.39, 0.29) is 17.0 Å². The molecule has 3 atom stereocenters. The largest absolute Gasteiger partial charge is 0.419 e. The number of allylic oxidation sites excluding steroid dienone is 2. The van der Waals surface area contributed by atoms with Crippen LogP contribution in [0.15, 0.2) is 21.3 Å². The quantitative estimate of drug-likeness (QED) is 0.866. The Labute approximate surface area is 121 Å². The van der Waals surface area contributed by atoms with Gasteiger partial charge in [0.2, 0.25) is 0 Å². The molecule has 114 valence electrons. The fraction of sp³-hybridized carbons (Fsp3) is 0.692. The van der Waals surface area contributed by atoms with Crippen molar-refractivity contribution in [3.05, 3.63) is 11.3 Å². The van der Waals surface area contributed by atoms with Gasteiger partial charge in [0.1, 0.15) is 5.84 Å². The fourth-order valence-corrected chi connectivity index (χ4v) is 2.45. The van der Waals surface area contributed by atoms with Crippen LogP contribution in [0.4, 0.5) is 13.2 Å². The molecule has 0 aromatic rings. The van der Waals surface area contributed by atoms with Crippen LogP contribution in [0, 0.1) is 11.8 Å². The second kappa shape index (κ2) is 6.65. The molecule has 0 radical (unpaired) electrons. The Morgan fingerprint density at radius 2 is 2.00 bits per heavy atom. The molecule has 0 aliphatic carbocycles. The molecule has 3 unspecified atom stereocenters. The number of thioether (sulfide) groups is 1. The SMILES string of the molecule is CCC(N=C1N=CC(C(F)(F)F)=C(N)C(C)C1C)SC. The summed E-state index contributed by atoms with van der Waals surface area (Å²) in [6.45, 7) is 5.46. The van der Waals surface area contributed by atoms with Crippen LogP contribution in [0.25, 0.3) is 0 Å². The van der Waals surface area contributed by atoms with Crippen LogP contribution in [0.3, 0.4) is 0 Å². The molecule has 1 heterocycles. The molecule has 1 aliphatic heterocycles. The van der Waals surface area contributed by atoms with Crippen molar-refractivity contribution in [1.82, 2.24) is 0 Å². The molecule has 0 aromatic heterocycles. The topological polar surface area (TPSA) is 50.7 Å². The highest BCUT2D eigenvalue weighted by atomic mass is 32.2. The van der Waals surface area contributed by atoms with Gasteiger partial charge < -0.3 is 5.73 Å². The van der Waals surface area contributed by atoms with E-state index in [1.54, 1.807) is 25.6 Å². The predicted molar refractivity (Wildman–Crippen MR) is 79.1 cm³/mol. The summed E-state index contributed by atoms with van der Waals surface area (Å²) in [5.41, 5.74) is 4.63. The maximum Gasteiger partial charge on any atom is 0.419 e. The van der Waals surface area contributed by atoms with Gasteiger partial charge in [-0.15, -0.1) is 11.8 Å². The molecule has 0 amide bonds. The smallest absolute Gasteiger partial charge is 0.401 e. The van der Waals surface area contributed by atoms with Crippen LogP contribution in [0.2, 0.25) is 0 Å². The number of halogens is 3. The number of nitrogens with two attached hydrogens (primary N) is 1. The second-order valence-corrected chi connectivity index (χ2v) is 5.80. The van der Waals surface area contributed by atoms with Crippen molar-refractivity contribution in [2.24, 2.45) is 27.6 Å². The number of aliphatic imine (C=N–C) groups is 2. The number of hydrogen-bond acceptors (Lipinski definition) is 3. The molecule has 1 rings (SSSR count). The van der Waals surface area contributed by atoms with E-state index < -0.39 is 17.7 Å². The van der Waals surface area contributed by atoms with Gasteiger partial charge >= 0.3 is 6.18 Å². The number of amidine groups is 1. The van der Waals surface area contributed by atoms with Gasteiger partial charge in [0, 0.05) is 23.7 Å². The Morgan fingerprint density at radius 3 is 2.45 bits per heavy atom. The minimum atomic E-state index is -4.49. The number of nitrogens with zero attached hydrogens (tertiary/aromatic N) is 2. The van der Waals surface area contributed by atoms with E-state index in [4.69, 9.17) is 5.73 Å². The summed E-state index contributed by atoms with van der Waals surface area (Å²) in [5, 5.41) is 0.00506. The summed E-state index contributed by atoms with van der Waals surface area (Å²) >= 11 is 1.55. The van der Waals surface area contributed by atoms with Gasteiger partial charge in [0.25, 0.3) is 0 Å². The van der Waals surface area contributed by atoms with E-state index in [1.165, 1.54) is 0 Å². The Morgan fingerprint density at radius 1 is 1.40 bits per heavy atom. The van der Waals surface area contributed by atoms with Crippen molar-refractivity contribution in [3.8, 4) is 0 Å². The fourth-order valence-electron chi connectivity index (χ4n) is 1.91. The van der Waals surface area contributed by atoms with Gasteiger partial charge in [-0.2, -0.15) is 13.2 Å². The molecule has 0 fully saturated rings. The zero-order chi connectivity index (χ0) is 15.5. The zero-order valence-electron chi connectivity index (χ0n) is 12.0. The van der Waals surface area contributed by atoms with Gasteiger partial charge in [-0.1, -0.05) is 20.8 Å². The summed E-state index contributed by atoms with van der Waals surface area (Å²) in [6.07, 6.45) is -0.960. The summed E-state index contributed by atoms with van der Waals surface area (Å²) < 4.78 is 38.8. The third kappa shape index (κ3) is 3.77. The van der Waals surface area contributed by atoms with Crippen LogP contribution in [-0.2, 0) is 0 Å². The van der Waals surface area contributed by atoms with Crippen molar-refractivity contribution < 1.29 is 13.2 Å². The lowest BCUT2D eigenvalue weighted by atomic mass is 9.90. The van der Waals surface area contributed by atoms with Crippen molar-refractivity contribution in [1.29, 1.82) is 0 Å². The van der Waals surface area contributed by atoms with E-state index in [0.29, 0.717) is 5.84 Å². The predicted octanol–water partition coefficient (Wildman–Crippen LogP) is 3.62. The molecule has 0 saturated heterocycles.